The molecule has 0 amide bonds. The number of nitrogens with zero attached hydrogens (tertiary/aromatic N) is 1. The molecule has 21 heavy (non-hydrogen) atoms. The standard InChI is InChI=1S/C15H21NO4S/c1-21(19,20)11-13-5-3-7-16(10-13)9-12-4-2-6-14(8-12)15(17)18/h2,4,6,8,13H,3,5,7,9-11H2,1H3,(H,17,18). The number of carboxylic acid groups (broad SMARTS) is 1. The van der Waals surface area contributed by atoms with E-state index < -0.39 is 15.8 Å². The lowest BCUT2D eigenvalue weighted by Gasteiger charge is -2.32. The van der Waals surface area contributed by atoms with Gasteiger partial charge in [-0.1, -0.05) is 12.1 Å². The predicted molar refractivity (Wildman–Crippen MR) is 81.1 cm³/mol. The summed E-state index contributed by atoms with van der Waals surface area (Å²) in [6.07, 6.45) is 3.21. The van der Waals surface area contributed by atoms with Gasteiger partial charge in [-0.2, -0.15) is 0 Å². The summed E-state index contributed by atoms with van der Waals surface area (Å²) < 4.78 is 22.8. The third-order valence-electron chi connectivity index (χ3n) is 3.72. The number of likely N-dealkylation sites (tertiary alicyclic amines) is 1. The van der Waals surface area contributed by atoms with E-state index in [1.54, 1.807) is 18.2 Å². The second-order valence-corrected chi connectivity index (χ2v) is 8.03. The van der Waals surface area contributed by atoms with Gasteiger partial charge in [0.1, 0.15) is 9.84 Å². The van der Waals surface area contributed by atoms with Crippen molar-refractivity contribution < 1.29 is 18.3 Å². The van der Waals surface area contributed by atoms with Crippen molar-refractivity contribution in [3.8, 4) is 0 Å². The van der Waals surface area contributed by atoms with Crippen molar-refractivity contribution in [1.82, 2.24) is 4.90 Å². The van der Waals surface area contributed by atoms with E-state index >= 15 is 0 Å². The maximum Gasteiger partial charge on any atom is 0.335 e. The van der Waals surface area contributed by atoms with Crippen LogP contribution in [0.2, 0.25) is 0 Å². The van der Waals surface area contributed by atoms with Crippen molar-refractivity contribution in [2.45, 2.75) is 19.4 Å². The summed E-state index contributed by atoms with van der Waals surface area (Å²) in [5, 5.41) is 9.00. The van der Waals surface area contributed by atoms with Crippen molar-refractivity contribution in [3.05, 3.63) is 35.4 Å². The van der Waals surface area contributed by atoms with E-state index in [9.17, 15) is 13.2 Å². The molecule has 1 atom stereocenters. The first-order valence-electron chi connectivity index (χ1n) is 7.06. The highest BCUT2D eigenvalue weighted by atomic mass is 32.2. The van der Waals surface area contributed by atoms with E-state index in [1.807, 2.05) is 6.07 Å². The zero-order chi connectivity index (χ0) is 15.5. The maximum atomic E-state index is 11.4. The van der Waals surface area contributed by atoms with Crippen LogP contribution in [0.4, 0.5) is 0 Å². The fraction of sp³-hybridized carbons (Fsp3) is 0.533. The van der Waals surface area contributed by atoms with E-state index in [1.165, 1.54) is 6.26 Å². The highest BCUT2D eigenvalue weighted by Crippen LogP contribution is 2.20. The molecule has 6 heteroatoms. The Morgan fingerprint density at radius 3 is 2.86 bits per heavy atom. The molecule has 0 radical (unpaired) electrons. The molecule has 1 aliphatic rings. The highest BCUT2D eigenvalue weighted by molar-refractivity contribution is 7.90. The molecule has 1 N–H and O–H groups in total. The Morgan fingerprint density at radius 1 is 1.43 bits per heavy atom. The molecule has 1 fully saturated rings. The van der Waals surface area contributed by atoms with Gasteiger partial charge in [-0.05, 0) is 43.0 Å². The first kappa shape index (κ1) is 16.0. The normalized spacial score (nSPS) is 20.3. The second-order valence-electron chi connectivity index (χ2n) is 5.84. The summed E-state index contributed by atoms with van der Waals surface area (Å²) in [6, 6.07) is 6.92. The summed E-state index contributed by atoms with van der Waals surface area (Å²) in [5.41, 5.74) is 1.24. The minimum absolute atomic E-state index is 0.177. The van der Waals surface area contributed by atoms with Gasteiger partial charge in [-0.25, -0.2) is 13.2 Å². The van der Waals surface area contributed by atoms with Crippen LogP contribution in [0, 0.1) is 5.92 Å². The van der Waals surface area contributed by atoms with Crippen LogP contribution in [0.25, 0.3) is 0 Å². The molecular formula is C15H21NO4S. The van der Waals surface area contributed by atoms with E-state index in [2.05, 4.69) is 4.90 Å². The minimum atomic E-state index is -2.94. The Bertz CT molecular complexity index is 612. The first-order valence-corrected chi connectivity index (χ1v) is 9.12. The zero-order valence-electron chi connectivity index (χ0n) is 12.2. The molecule has 1 heterocycles. The van der Waals surface area contributed by atoms with E-state index in [0.29, 0.717) is 6.54 Å². The van der Waals surface area contributed by atoms with Gasteiger partial charge in [0.15, 0.2) is 0 Å². The van der Waals surface area contributed by atoms with Crippen LogP contribution >= 0.6 is 0 Å². The molecule has 1 saturated heterocycles. The Balaban J connectivity index is 1.99. The predicted octanol–water partition coefficient (Wildman–Crippen LogP) is 1.64. The van der Waals surface area contributed by atoms with Gasteiger partial charge in [-0.15, -0.1) is 0 Å². The van der Waals surface area contributed by atoms with Gasteiger partial charge in [-0.3, -0.25) is 4.90 Å². The van der Waals surface area contributed by atoms with Crippen molar-refractivity contribution in [3.63, 3.8) is 0 Å². The molecule has 1 unspecified atom stereocenters. The number of rotatable bonds is 5. The third-order valence-corrected chi connectivity index (χ3v) is 4.80. The second kappa shape index (κ2) is 6.58. The molecular weight excluding hydrogens is 290 g/mol. The molecule has 2 rings (SSSR count). The SMILES string of the molecule is CS(=O)(=O)CC1CCCN(Cc2cccc(C(=O)O)c2)C1. The molecule has 0 aromatic heterocycles. The number of piperidine rings is 1. The minimum Gasteiger partial charge on any atom is -0.478 e. The molecule has 0 spiro atoms. The number of sulfone groups is 1. The quantitative estimate of drug-likeness (QED) is 0.895. The maximum absolute atomic E-state index is 11.4. The van der Waals surface area contributed by atoms with Gasteiger partial charge in [0.2, 0.25) is 0 Å². The van der Waals surface area contributed by atoms with Crippen LogP contribution in [0.3, 0.4) is 0 Å². The van der Waals surface area contributed by atoms with Gasteiger partial charge in [0.25, 0.3) is 0 Å². The molecule has 0 aliphatic carbocycles. The van der Waals surface area contributed by atoms with E-state index in [4.69, 9.17) is 5.11 Å². The molecule has 1 aromatic rings. The van der Waals surface area contributed by atoms with Crippen molar-refractivity contribution in [2.24, 2.45) is 5.92 Å². The van der Waals surface area contributed by atoms with Crippen LogP contribution in [0.15, 0.2) is 24.3 Å². The molecule has 116 valence electrons. The lowest BCUT2D eigenvalue weighted by molar-refractivity contribution is 0.0696. The number of hydrogen-bond donors (Lipinski definition) is 1. The number of carbonyl (C=O) groups is 1. The van der Waals surface area contributed by atoms with Crippen molar-refractivity contribution in [1.29, 1.82) is 0 Å². The highest BCUT2D eigenvalue weighted by Gasteiger charge is 2.23. The molecule has 1 aromatic carbocycles. The van der Waals surface area contributed by atoms with Crippen LogP contribution in [-0.4, -0.2) is 49.5 Å². The largest absolute Gasteiger partial charge is 0.478 e. The molecule has 0 saturated carbocycles. The molecule has 0 bridgehead atoms. The summed E-state index contributed by atoms with van der Waals surface area (Å²) in [4.78, 5) is 13.2. The summed E-state index contributed by atoms with van der Waals surface area (Å²) >= 11 is 0. The summed E-state index contributed by atoms with van der Waals surface area (Å²) in [7, 11) is -2.94. The first-order chi connectivity index (χ1) is 9.83. The Labute approximate surface area is 125 Å². The molecule has 5 nitrogen and oxygen atoms in total. The Kier molecular flexibility index (Phi) is 5.00. The van der Waals surface area contributed by atoms with Crippen LogP contribution in [0.5, 0.6) is 0 Å². The topological polar surface area (TPSA) is 74.7 Å². The smallest absolute Gasteiger partial charge is 0.335 e. The zero-order valence-corrected chi connectivity index (χ0v) is 13.0. The van der Waals surface area contributed by atoms with E-state index in [0.717, 1.165) is 31.5 Å². The fourth-order valence-corrected chi connectivity index (χ4v) is 4.05. The average Bonchev–Trinajstić information content (AvgIpc) is 2.37. The summed E-state index contributed by atoms with van der Waals surface area (Å²) in [5.74, 6) is -0.513. The lowest BCUT2D eigenvalue weighted by atomic mass is 9.99. The molecule has 1 aliphatic heterocycles. The Hall–Kier alpha value is -1.40. The lowest BCUT2D eigenvalue weighted by Crippen LogP contribution is -2.37. The van der Waals surface area contributed by atoms with Crippen molar-refractivity contribution in [2.75, 3.05) is 25.1 Å². The van der Waals surface area contributed by atoms with Gasteiger partial charge in [0, 0.05) is 19.3 Å². The number of aromatic carboxylic acids is 1. The van der Waals surface area contributed by atoms with Gasteiger partial charge < -0.3 is 5.11 Å². The number of hydrogen-bond acceptors (Lipinski definition) is 4. The summed E-state index contributed by atoms with van der Waals surface area (Å²) in [6.45, 7) is 2.35. The Morgan fingerprint density at radius 2 is 2.19 bits per heavy atom. The van der Waals surface area contributed by atoms with Crippen LogP contribution < -0.4 is 0 Å². The average molecular weight is 311 g/mol. The van der Waals surface area contributed by atoms with Gasteiger partial charge in [0.05, 0.1) is 11.3 Å². The number of carboxylic acids is 1. The third kappa shape index (κ3) is 5.13. The van der Waals surface area contributed by atoms with Crippen LogP contribution in [0.1, 0.15) is 28.8 Å². The monoisotopic (exact) mass is 311 g/mol. The van der Waals surface area contributed by atoms with Gasteiger partial charge >= 0.3 is 5.97 Å². The fourth-order valence-electron chi connectivity index (χ4n) is 2.92. The van der Waals surface area contributed by atoms with Crippen LogP contribution in [-0.2, 0) is 16.4 Å². The number of benzene rings is 1. The van der Waals surface area contributed by atoms with E-state index in [-0.39, 0.29) is 17.2 Å². The van der Waals surface area contributed by atoms with Crippen molar-refractivity contribution >= 4 is 15.8 Å².